The van der Waals surface area contributed by atoms with Crippen LogP contribution in [0.15, 0.2) is 24.5 Å². The highest BCUT2D eigenvalue weighted by molar-refractivity contribution is 5.92. The van der Waals surface area contributed by atoms with Gasteiger partial charge in [-0.25, -0.2) is 9.97 Å². The summed E-state index contributed by atoms with van der Waals surface area (Å²) < 4.78 is 0. The Morgan fingerprint density at radius 2 is 1.88 bits per heavy atom. The lowest BCUT2D eigenvalue weighted by Gasteiger charge is -2.30. The molecule has 0 radical (unpaired) electrons. The summed E-state index contributed by atoms with van der Waals surface area (Å²) >= 11 is 0. The van der Waals surface area contributed by atoms with Gasteiger partial charge in [0.15, 0.2) is 0 Å². The Balaban J connectivity index is 1.73. The molecule has 25 heavy (non-hydrogen) atoms. The van der Waals surface area contributed by atoms with Gasteiger partial charge in [0.1, 0.15) is 11.5 Å². The minimum Gasteiger partial charge on any atom is -0.339 e. The van der Waals surface area contributed by atoms with Crippen LogP contribution < -0.4 is 5.32 Å². The standard InChI is InChI=1S/C20H26N4O/c1-13-6-5-7-24(12-13)20(25)17-10-22-18(11-21-17)23-19-15(3)8-14(2)9-16(19)4/h8-11,13H,5-7,12H2,1-4H3,(H,22,23). The molecule has 1 fully saturated rings. The van der Waals surface area contributed by atoms with Crippen LogP contribution in [0.1, 0.15) is 46.9 Å². The topological polar surface area (TPSA) is 58.1 Å². The molecule has 1 amide bonds. The summed E-state index contributed by atoms with van der Waals surface area (Å²) in [5, 5.41) is 3.32. The number of amides is 1. The summed E-state index contributed by atoms with van der Waals surface area (Å²) in [6.07, 6.45) is 5.46. The molecular weight excluding hydrogens is 312 g/mol. The van der Waals surface area contributed by atoms with E-state index >= 15 is 0 Å². The number of piperidine rings is 1. The minimum absolute atomic E-state index is 0.0201. The number of nitrogens with one attached hydrogen (secondary N) is 1. The van der Waals surface area contributed by atoms with Gasteiger partial charge in [-0.2, -0.15) is 0 Å². The van der Waals surface area contributed by atoms with Crippen LogP contribution in [0, 0.1) is 26.7 Å². The van der Waals surface area contributed by atoms with Crippen LogP contribution in [0.5, 0.6) is 0 Å². The monoisotopic (exact) mass is 338 g/mol. The normalized spacial score (nSPS) is 17.4. The third kappa shape index (κ3) is 3.98. The van der Waals surface area contributed by atoms with E-state index in [9.17, 15) is 4.79 Å². The van der Waals surface area contributed by atoms with Crippen LogP contribution in [0.25, 0.3) is 0 Å². The van der Waals surface area contributed by atoms with Crippen molar-refractivity contribution in [3.8, 4) is 0 Å². The number of hydrogen-bond donors (Lipinski definition) is 1. The summed E-state index contributed by atoms with van der Waals surface area (Å²) in [4.78, 5) is 23.2. The van der Waals surface area contributed by atoms with Crippen molar-refractivity contribution in [1.82, 2.24) is 14.9 Å². The van der Waals surface area contributed by atoms with Crippen LogP contribution in [0.2, 0.25) is 0 Å². The SMILES string of the molecule is Cc1cc(C)c(Nc2cnc(C(=O)N3CCCC(C)C3)cn2)c(C)c1. The van der Waals surface area contributed by atoms with Crippen molar-refractivity contribution >= 4 is 17.4 Å². The maximum atomic E-state index is 12.6. The Hall–Kier alpha value is -2.43. The van der Waals surface area contributed by atoms with E-state index in [1.165, 1.54) is 23.1 Å². The number of anilines is 2. The second kappa shape index (κ2) is 7.21. The molecule has 1 aromatic heterocycles. The number of carbonyl (C=O) groups is 1. The van der Waals surface area contributed by atoms with Crippen molar-refractivity contribution in [2.75, 3.05) is 18.4 Å². The van der Waals surface area contributed by atoms with Crippen molar-refractivity contribution in [3.05, 3.63) is 46.9 Å². The van der Waals surface area contributed by atoms with E-state index in [0.717, 1.165) is 25.2 Å². The number of hydrogen-bond acceptors (Lipinski definition) is 4. The van der Waals surface area contributed by atoms with Crippen molar-refractivity contribution in [3.63, 3.8) is 0 Å². The van der Waals surface area contributed by atoms with E-state index < -0.39 is 0 Å². The predicted molar refractivity (Wildman–Crippen MR) is 100 cm³/mol. The maximum absolute atomic E-state index is 12.6. The Morgan fingerprint density at radius 1 is 1.16 bits per heavy atom. The fraction of sp³-hybridized carbons (Fsp3) is 0.450. The molecule has 1 N–H and O–H groups in total. The highest BCUT2D eigenvalue weighted by Gasteiger charge is 2.23. The van der Waals surface area contributed by atoms with E-state index in [4.69, 9.17) is 0 Å². The second-order valence-corrected chi connectivity index (χ2v) is 7.18. The first-order valence-electron chi connectivity index (χ1n) is 8.90. The lowest BCUT2D eigenvalue weighted by Crippen LogP contribution is -2.39. The van der Waals surface area contributed by atoms with Crippen LogP contribution in [0.3, 0.4) is 0 Å². The molecule has 0 aliphatic carbocycles. The van der Waals surface area contributed by atoms with Crippen molar-refractivity contribution in [2.45, 2.75) is 40.5 Å². The highest BCUT2D eigenvalue weighted by atomic mass is 16.2. The van der Waals surface area contributed by atoms with Crippen LogP contribution in [0.4, 0.5) is 11.5 Å². The number of aryl methyl sites for hydroxylation is 3. The van der Waals surface area contributed by atoms with Gasteiger partial charge in [-0.05, 0) is 50.7 Å². The number of aromatic nitrogens is 2. The molecule has 2 heterocycles. The molecule has 0 bridgehead atoms. The number of benzene rings is 1. The molecule has 1 aliphatic rings. The number of nitrogens with zero attached hydrogens (tertiary/aromatic N) is 3. The third-order valence-corrected chi connectivity index (χ3v) is 4.75. The van der Waals surface area contributed by atoms with E-state index in [1.807, 2.05) is 4.90 Å². The summed E-state index contributed by atoms with van der Waals surface area (Å²) in [7, 11) is 0. The van der Waals surface area contributed by atoms with Crippen molar-refractivity contribution < 1.29 is 4.79 Å². The fourth-order valence-corrected chi connectivity index (χ4v) is 3.54. The molecule has 1 unspecified atom stereocenters. The Kier molecular flexibility index (Phi) is 5.02. The first-order valence-corrected chi connectivity index (χ1v) is 8.90. The Morgan fingerprint density at radius 3 is 2.48 bits per heavy atom. The van der Waals surface area contributed by atoms with Crippen LogP contribution in [-0.4, -0.2) is 33.9 Å². The largest absolute Gasteiger partial charge is 0.339 e. The molecule has 2 aromatic rings. The Labute approximate surface area is 149 Å². The van der Waals surface area contributed by atoms with Gasteiger partial charge in [-0.1, -0.05) is 24.6 Å². The van der Waals surface area contributed by atoms with Gasteiger partial charge in [-0.15, -0.1) is 0 Å². The molecule has 0 spiro atoms. The first kappa shape index (κ1) is 17.4. The van der Waals surface area contributed by atoms with Crippen molar-refractivity contribution in [2.24, 2.45) is 5.92 Å². The quantitative estimate of drug-likeness (QED) is 0.918. The number of likely N-dealkylation sites (tertiary alicyclic amines) is 1. The molecule has 3 rings (SSSR count). The van der Waals surface area contributed by atoms with E-state index in [0.29, 0.717) is 17.4 Å². The zero-order valence-electron chi connectivity index (χ0n) is 15.5. The summed E-state index contributed by atoms with van der Waals surface area (Å²) in [6.45, 7) is 10.0. The lowest BCUT2D eigenvalue weighted by atomic mass is 10.0. The van der Waals surface area contributed by atoms with Gasteiger partial charge in [0.25, 0.3) is 5.91 Å². The maximum Gasteiger partial charge on any atom is 0.274 e. The van der Waals surface area contributed by atoms with Gasteiger partial charge in [0, 0.05) is 18.8 Å². The van der Waals surface area contributed by atoms with E-state index in [-0.39, 0.29) is 5.91 Å². The molecular formula is C20H26N4O. The van der Waals surface area contributed by atoms with E-state index in [2.05, 4.69) is 55.1 Å². The highest BCUT2D eigenvalue weighted by Crippen LogP contribution is 2.25. The average molecular weight is 338 g/mol. The van der Waals surface area contributed by atoms with Crippen LogP contribution in [-0.2, 0) is 0 Å². The fourth-order valence-electron chi connectivity index (χ4n) is 3.54. The lowest BCUT2D eigenvalue weighted by molar-refractivity contribution is 0.0676. The third-order valence-electron chi connectivity index (χ3n) is 4.75. The summed E-state index contributed by atoms with van der Waals surface area (Å²) in [6, 6.07) is 4.27. The van der Waals surface area contributed by atoms with Crippen molar-refractivity contribution in [1.29, 1.82) is 0 Å². The predicted octanol–water partition coefficient (Wildman–Crippen LogP) is 4.02. The first-order chi connectivity index (χ1) is 11.9. The molecule has 1 aliphatic heterocycles. The zero-order valence-corrected chi connectivity index (χ0v) is 15.5. The van der Waals surface area contributed by atoms with Gasteiger partial charge in [0.05, 0.1) is 12.4 Å². The van der Waals surface area contributed by atoms with Gasteiger partial charge in [0.2, 0.25) is 0 Å². The molecule has 5 heteroatoms. The molecule has 0 saturated carbocycles. The van der Waals surface area contributed by atoms with Gasteiger partial charge in [-0.3, -0.25) is 4.79 Å². The van der Waals surface area contributed by atoms with E-state index in [1.54, 1.807) is 12.4 Å². The number of carbonyl (C=O) groups excluding carboxylic acids is 1. The molecule has 1 aromatic carbocycles. The molecule has 132 valence electrons. The Bertz CT molecular complexity index is 747. The second-order valence-electron chi connectivity index (χ2n) is 7.18. The molecule has 1 saturated heterocycles. The van der Waals surface area contributed by atoms with Gasteiger partial charge >= 0.3 is 0 Å². The summed E-state index contributed by atoms with van der Waals surface area (Å²) in [5.74, 6) is 1.19. The smallest absolute Gasteiger partial charge is 0.274 e. The van der Waals surface area contributed by atoms with Gasteiger partial charge < -0.3 is 10.2 Å². The minimum atomic E-state index is -0.0201. The number of rotatable bonds is 3. The van der Waals surface area contributed by atoms with Crippen LogP contribution >= 0.6 is 0 Å². The molecule has 5 nitrogen and oxygen atoms in total. The zero-order chi connectivity index (χ0) is 18.0. The summed E-state index contributed by atoms with van der Waals surface area (Å²) in [5.41, 5.74) is 5.03. The average Bonchev–Trinajstić information content (AvgIpc) is 2.58. The molecule has 1 atom stereocenters.